The van der Waals surface area contributed by atoms with Crippen molar-refractivity contribution in [2.45, 2.75) is 31.3 Å². The second-order valence-electron chi connectivity index (χ2n) is 9.02. The Kier molecular flexibility index (Phi) is 5.41. The molecule has 3 aliphatic heterocycles. The first-order chi connectivity index (χ1) is 16.3. The smallest absolute Gasteiger partial charge is 0.339 e. The van der Waals surface area contributed by atoms with Crippen LogP contribution in [0.5, 0.6) is 5.75 Å². The molecule has 1 saturated heterocycles. The van der Waals surface area contributed by atoms with Gasteiger partial charge in [-0.25, -0.2) is 9.18 Å². The molecule has 11 heteroatoms. The molecule has 180 valence electrons. The molecule has 0 saturated carbocycles. The number of aromatic amines is 1. The van der Waals surface area contributed by atoms with Crippen LogP contribution < -0.4 is 20.5 Å². The van der Waals surface area contributed by atoms with E-state index in [4.69, 9.17) is 9.47 Å². The molecule has 1 aromatic heterocycles. The van der Waals surface area contributed by atoms with Gasteiger partial charge in [-0.15, -0.1) is 0 Å². The fourth-order valence-corrected chi connectivity index (χ4v) is 4.76. The number of H-pyrrole nitrogens is 1. The Bertz CT molecular complexity index is 1220. The number of nitrogens with zero attached hydrogens (tertiary/aromatic N) is 3. The lowest BCUT2D eigenvalue weighted by atomic mass is 9.83. The molecule has 10 nitrogen and oxygen atoms in total. The molecule has 0 aliphatic carbocycles. The first-order valence-corrected chi connectivity index (χ1v) is 11.3. The summed E-state index contributed by atoms with van der Waals surface area (Å²) in [4.78, 5) is 47.6. The standard InChI is InChI=1S/C23H26FN5O5/c1-28(2)17(30)12-33-13-10-15-18(16(24)11-13)23(34-21(15)32)5-8-29(9-6-23)22-26-19-14(20(31)27-22)4-3-7-25-19/h10-11H,3-9,12H2,1-2H3,(H2,25,26,27,31). The lowest BCUT2D eigenvalue weighted by Gasteiger charge is -2.39. The molecule has 1 fully saturated rings. The van der Waals surface area contributed by atoms with Gasteiger partial charge in [0.1, 0.15) is 23.0 Å². The van der Waals surface area contributed by atoms with Gasteiger partial charge in [-0.1, -0.05) is 0 Å². The van der Waals surface area contributed by atoms with Gasteiger partial charge < -0.3 is 24.6 Å². The number of benzene rings is 1. The fourth-order valence-electron chi connectivity index (χ4n) is 4.76. The van der Waals surface area contributed by atoms with Crippen molar-refractivity contribution in [1.82, 2.24) is 14.9 Å². The minimum atomic E-state index is -1.09. The summed E-state index contributed by atoms with van der Waals surface area (Å²) in [6.45, 7) is 1.35. The number of piperidine rings is 1. The van der Waals surface area contributed by atoms with E-state index < -0.39 is 17.4 Å². The summed E-state index contributed by atoms with van der Waals surface area (Å²) in [6.07, 6.45) is 2.26. The Morgan fingerprint density at radius 1 is 1.29 bits per heavy atom. The summed E-state index contributed by atoms with van der Waals surface area (Å²) >= 11 is 0. The number of hydrogen-bond donors (Lipinski definition) is 2. The summed E-state index contributed by atoms with van der Waals surface area (Å²) in [5.74, 6) is -0.344. The van der Waals surface area contributed by atoms with Gasteiger partial charge in [0.05, 0.1) is 11.1 Å². The van der Waals surface area contributed by atoms with Crippen LogP contribution >= 0.6 is 0 Å². The van der Waals surface area contributed by atoms with E-state index >= 15 is 4.39 Å². The number of rotatable bonds is 4. The molecule has 4 heterocycles. The van der Waals surface area contributed by atoms with Crippen molar-refractivity contribution >= 4 is 23.6 Å². The van der Waals surface area contributed by atoms with E-state index in [0.29, 0.717) is 49.7 Å². The predicted molar refractivity (Wildman–Crippen MR) is 121 cm³/mol. The van der Waals surface area contributed by atoms with Crippen LogP contribution in [0, 0.1) is 5.82 Å². The number of likely N-dealkylation sites (N-methyl/N-ethyl adjacent to an activating group) is 1. The van der Waals surface area contributed by atoms with E-state index in [0.717, 1.165) is 13.0 Å². The molecule has 1 amide bonds. The molecule has 2 aromatic rings. The highest BCUT2D eigenvalue weighted by Crippen LogP contribution is 2.46. The average Bonchev–Trinajstić information content (AvgIpc) is 3.09. The highest BCUT2D eigenvalue weighted by Gasteiger charge is 2.50. The Morgan fingerprint density at radius 2 is 2.06 bits per heavy atom. The molecule has 0 atom stereocenters. The largest absolute Gasteiger partial charge is 0.484 e. The molecule has 3 aliphatic rings. The van der Waals surface area contributed by atoms with Gasteiger partial charge in [-0.3, -0.25) is 14.6 Å². The number of ether oxygens (including phenoxy) is 2. The summed E-state index contributed by atoms with van der Waals surface area (Å²) in [5, 5.41) is 3.17. The molecule has 1 aromatic carbocycles. The van der Waals surface area contributed by atoms with E-state index in [1.54, 1.807) is 14.1 Å². The normalized spacial score (nSPS) is 18.1. The quantitative estimate of drug-likeness (QED) is 0.643. The van der Waals surface area contributed by atoms with Crippen LogP contribution in [0.3, 0.4) is 0 Å². The first kappa shape index (κ1) is 22.2. The third-order valence-electron chi connectivity index (χ3n) is 6.66. The van der Waals surface area contributed by atoms with Crippen molar-refractivity contribution < 1.29 is 23.5 Å². The highest BCUT2D eigenvalue weighted by molar-refractivity contribution is 5.95. The number of fused-ring (bicyclic) bond motifs is 3. The van der Waals surface area contributed by atoms with Crippen molar-refractivity contribution in [3.8, 4) is 5.75 Å². The molecule has 1 spiro atoms. The van der Waals surface area contributed by atoms with E-state index in [2.05, 4.69) is 15.3 Å². The van der Waals surface area contributed by atoms with Gasteiger partial charge in [-0.2, -0.15) is 4.98 Å². The number of nitrogens with one attached hydrogen (secondary N) is 2. The van der Waals surface area contributed by atoms with Crippen LogP contribution in [-0.4, -0.2) is 67.1 Å². The number of anilines is 2. The Labute approximate surface area is 195 Å². The molecule has 0 unspecified atom stereocenters. The van der Waals surface area contributed by atoms with Crippen LogP contribution in [0.25, 0.3) is 0 Å². The fraction of sp³-hybridized carbons (Fsp3) is 0.478. The molecule has 2 N–H and O–H groups in total. The van der Waals surface area contributed by atoms with Crippen LogP contribution in [0.2, 0.25) is 0 Å². The summed E-state index contributed by atoms with van der Waals surface area (Å²) in [5.41, 5.74) is -0.245. The number of carbonyl (C=O) groups excluding carboxylic acids is 2. The van der Waals surface area contributed by atoms with E-state index in [-0.39, 0.29) is 34.9 Å². The molecular formula is C23H26FN5O5. The van der Waals surface area contributed by atoms with Crippen LogP contribution in [0.4, 0.5) is 16.2 Å². The third kappa shape index (κ3) is 3.74. The van der Waals surface area contributed by atoms with Crippen molar-refractivity contribution in [3.63, 3.8) is 0 Å². The lowest BCUT2D eigenvalue weighted by molar-refractivity contribution is -0.130. The van der Waals surface area contributed by atoms with Gasteiger partial charge in [0.25, 0.3) is 11.5 Å². The summed E-state index contributed by atoms with van der Waals surface area (Å²) in [6, 6.07) is 2.62. The number of esters is 1. The topological polar surface area (TPSA) is 117 Å². The molecule has 0 radical (unpaired) electrons. The lowest BCUT2D eigenvalue weighted by Crippen LogP contribution is -2.44. The average molecular weight is 471 g/mol. The van der Waals surface area contributed by atoms with Crippen LogP contribution in [0.15, 0.2) is 16.9 Å². The number of hydrogen-bond acceptors (Lipinski definition) is 8. The Balaban J connectivity index is 1.36. The van der Waals surface area contributed by atoms with Gasteiger partial charge in [0, 0.05) is 58.2 Å². The molecule has 5 rings (SSSR count). The number of halogens is 1. The minimum Gasteiger partial charge on any atom is -0.484 e. The second-order valence-corrected chi connectivity index (χ2v) is 9.02. The van der Waals surface area contributed by atoms with Crippen molar-refractivity contribution in [1.29, 1.82) is 0 Å². The molecular weight excluding hydrogens is 445 g/mol. The summed E-state index contributed by atoms with van der Waals surface area (Å²) < 4.78 is 26.3. The monoisotopic (exact) mass is 471 g/mol. The number of aromatic nitrogens is 2. The van der Waals surface area contributed by atoms with Crippen molar-refractivity contribution in [2.24, 2.45) is 0 Å². The van der Waals surface area contributed by atoms with Crippen molar-refractivity contribution in [2.75, 3.05) is 50.6 Å². The van der Waals surface area contributed by atoms with E-state index in [1.807, 2.05) is 4.90 Å². The Morgan fingerprint density at radius 3 is 2.79 bits per heavy atom. The maximum absolute atomic E-state index is 15.2. The van der Waals surface area contributed by atoms with Gasteiger partial charge in [0.15, 0.2) is 6.61 Å². The SMILES string of the molecule is CN(C)C(=O)COc1cc(F)c2c(c1)C(=O)OC21CCN(c2nc3c(c(=O)[nH]2)CCCN3)CC1. The zero-order valence-corrected chi connectivity index (χ0v) is 19.1. The van der Waals surface area contributed by atoms with Gasteiger partial charge in [-0.05, 0) is 18.9 Å². The number of carbonyl (C=O) groups is 2. The highest BCUT2D eigenvalue weighted by atomic mass is 19.1. The van der Waals surface area contributed by atoms with Crippen molar-refractivity contribution in [3.05, 3.63) is 45.0 Å². The first-order valence-electron chi connectivity index (χ1n) is 11.3. The van der Waals surface area contributed by atoms with Gasteiger partial charge >= 0.3 is 5.97 Å². The maximum Gasteiger partial charge on any atom is 0.339 e. The van der Waals surface area contributed by atoms with E-state index in [9.17, 15) is 14.4 Å². The Hall–Kier alpha value is -3.63. The molecule has 34 heavy (non-hydrogen) atoms. The third-order valence-corrected chi connectivity index (χ3v) is 6.66. The number of amides is 1. The van der Waals surface area contributed by atoms with Crippen LogP contribution in [-0.2, 0) is 21.6 Å². The minimum absolute atomic E-state index is 0.0984. The maximum atomic E-state index is 15.2. The summed E-state index contributed by atoms with van der Waals surface area (Å²) in [7, 11) is 3.18. The van der Waals surface area contributed by atoms with Crippen LogP contribution in [0.1, 0.15) is 40.7 Å². The van der Waals surface area contributed by atoms with Gasteiger partial charge in [0.2, 0.25) is 5.95 Å². The zero-order chi connectivity index (χ0) is 24.0. The zero-order valence-electron chi connectivity index (χ0n) is 19.1. The molecule has 0 bridgehead atoms. The predicted octanol–water partition coefficient (Wildman–Crippen LogP) is 1.40. The second kappa shape index (κ2) is 8.30. The van der Waals surface area contributed by atoms with E-state index in [1.165, 1.54) is 17.0 Å².